The first-order chi connectivity index (χ1) is 8.22. The van der Waals surface area contributed by atoms with E-state index in [1.54, 1.807) is 11.8 Å². The third-order valence-corrected chi connectivity index (χ3v) is 4.04. The summed E-state index contributed by atoms with van der Waals surface area (Å²) >= 11 is 1.68. The maximum atomic E-state index is 12.4. The van der Waals surface area contributed by atoms with Gasteiger partial charge < -0.3 is 4.90 Å². The highest BCUT2D eigenvalue weighted by atomic mass is 32.2. The first-order valence-electron chi connectivity index (χ1n) is 6.16. The lowest BCUT2D eigenvalue weighted by molar-refractivity contribution is 0.0723. The largest absolute Gasteiger partial charge is 0.339 e. The van der Waals surface area contributed by atoms with Crippen molar-refractivity contribution in [2.45, 2.75) is 31.1 Å². The number of piperidine rings is 1. The second-order valence-electron chi connectivity index (χ2n) is 4.53. The van der Waals surface area contributed by atoms with Gasteiger partial charge in [0.1, 0.15) is 0 Å². The molecular formula is C14H19NOS. The molecule has 2 nitrogen and oxygen atoms in total. The Hall–Kier alpha value is -0.960. The number of carbonyl (C=O) groups is 1. The van der Waals surface area contributed by atoms with Crippen LogP contribution >= 0.6 is 11.8 Å². The fourth-order valence-electron chi connectivity index (χ4n) is 2.23. The van der Waals surface area contributed by atoms with Crippen molar-refractivity contribution in [3.63, 3.8) is 0 Å². The maximum Gasteiger partial charge on any atom is 0.254 e. The van der Waals surface area contributed by atoms with E-state index >= 15 is 0 Å². The highest BCUT2D eigenvalue weighted by Crippen LogP contribution is 2.21. The lowest BCUT2D eigenvalue weighted by Gasteiger charge is -2.27. The van der Waals surface area contributed by atoms with Gasteiger partial charge in [-0.2, -0.15) is 0 Å². The Morgan fingerprint density at radius 2 is 1.94 bits per heavy atom. The number of thioether (sulfide) groups is 1. The Morgan fingerprint density at radius 3 is 2.59 bits per heavy atom. The summed E-state index contributed by atoms with van der Waals surface area (Å²) < 4.78 is 0. The SMILES string of the molecule is CSc1ccc(C)c(C(=O)N2CCCCC2)c1. The van der Waals surface area contributed by atoms with Gasteiger partial charge in [0.2, 0.25) is 0 Å². The molecule has 1 fully saturated rings. The van der Waals surface area contributed by atoms with E-state index < -0.39 is 0 Å². The average Bonchev–Trinajstić information content (AvgIpc) is 2.39. The van der Waals surface area contributed by atoms with Crippen LogP contribution in [0, 0.1) is 6.92 Å². The molecule has 0 atom stereocenters. The first-order valence-corrected chi connectivity index (χ1v) is 7.39. The van der Waals surface area contributed by atoms with E-state index in [-0.39, 0.29) is 5.91 Å². The summed E-state index contributed by atoms with van der Waals surface area (Å²) in [5, 5.41) is 0. The minimum Gasteiger partial charge on any atom is -0.339 e. The molecule has 92 valence electrons. The van der Waals surface area contributed by atoms with Gasteiger partial charge >= 0.3 is 0 Å². The van der Waals surface area contributed by atoms with Gasteiger partial charge in [0, 0.05) is 23.5 Å². The summed E-state index contributed by atoms with van der Waals surface area (Å²) in [6.07, 6.45) is 5.59. The number of hydrogen-bond acceptors (Lipinski definition) is 2. The summed E-state index contributed by atoms with van der Waals surface area (Å²) in [6.45, 7) is 3.85. The first kappa shape index (κ1) is 12.5. The van der Waals surface area contributed by atoms with E-state index in [4.69, 9.17) is 0 Å². The molecule has 0 saturated carbocycles. The van der Waals surface area contributed by atoms with Crippen molar-refractivity contribution >= 4 is 17.7 Å². The number of carbonyl (C=O) groups excluding carboxylic acids is 1. The number of aryl methyl sites for hydroxylation is 1. The monoisotopic (exact) mass is 249 g/mol. The Bertz CT molecular complexity index is 411. The molecule has 2 rings (SSSR count). The molecule has 0 radical (unpaired) electrons. The predicted octanol–water partition coefficient (Wildman–Crippen LogP) is 3.34. The van der Waals surface area contributed by atoms with Crippen LogP contribution in [-0.2, 0) is 0 Å². The standard InChI is InChI=1S/C14H19NOS/c1-11-6-7-12(17-2)10-13(11)14(16)15-8-4-3-5-9-15/h6-7,10H,3-5,8-9H2,1-2H3. The Morgan fingerprint density at radius 1 is 1.24 bits per heavy atom. The van der Waals surface area contributed by atoms with Crippen molar-refractivity contribution in [1.82, 2.24) is 4.90 Å². The van der Waals surface area contributed by atoms with Crippen molar-refractivity contribution in [3.8, 4) is 0 Å². The molecule has 1 heterocycles. The number of rotatable bonds is 2. The summed E-state index contributed by atoms with van der Waals surface area (Å²) in [5.74, 6) is 0.207. The van der Waals surface area contributed by atoms with E-state index in [1.807, 2.05) is 30.2 Å². The highest BCUT2D eigenvalue weighted by Gasteiger charge is 2.19. The number of likely N-dealkylation sites (tertiary alicyclic amines) is 1. The Labute approximate surface area is 107 Å². The summed E-state index contributed by atoms with van der Waals surface area (Å²) in [4.78, 5) is 15.6. The second-order valence-corrected chi connectivity index (χ2v) is 5.41. The highest BCUT2D eigenvalue weighted by molar-refractivity contribution is 7.98. The summed E-state index contributed by atoms with van der Waals surface area (Å²) in [6, 6.07) is 6.15. The molecule has 0 N–H and O–H groups in total. The molecule has 1 aliphatic rings. The fraction of sp³-hybridized carbons (Fsp3) is 0.500. The molecule has 1 aliphatic heterocycles. The van der Waals surface area contributed by atoms with Crippen LogP contribution in [0.5, 0.6) is 0 Å². The molecule has 1 aromatic carbocycles. The van der Waals surface area contributed by atoms with Gasteiger partial charge in [0.05, 0.1) is 0 Å². The topological polar surface area (TPSA) is 20.3 Å². The molecule has 1 aromatic rings. The van der Waals surface area contributed by atoms with Crippen LogP contribution in [0.25, 0.3) is 0 Å². The summed E-state index contributed by atoms with van der Waals surface area (Å²) in [5.41, 5.74) is 1.96. The van der Waals surface area contributed by atoms with Crippen LogP contribution in [0.15, 0.2) is 23.1 Å². The van der Waals surface area contributed by atoms with E-state index in [0.29, 0.717) is 0 Å². The molecule has 3 heteroatoms. The van der Waals surface area contributed by atoms with Crippen LogP contribution in [-0.4, -0.2) is 30.2 Å². The van der Waals surface area contributed by atoms with E-state index in [1.165, 1.54) is 6.42 Å². The van der Waals surface area contributed by atoms with Gasteiger partial charge in [-0.25, -0.2) is 0 Å². The second kappa shape index (κ2) is 5.58. The van der Waals surface area contributed by atoms with Gasteiger partial charge in [-0.05, 0) is 50.1 Å². The molecule has 0 aromatic heterocycles. The van der Waals surface area contributed by atoms with Crippen LogP contribution in [0.2, 0.25) is 0 Å². The molecule has 0 unspecified atom stereocenters. The number of hydrogen-bond donors (Lipinski definition) is 0. The normalized spacial score (nSPS) is 16.0. The van der Waals surface area contributed by atoms with Crippen molar-refractivity contribution in [2.75, 3.05) is 19.3 Å². The smallest absolute Gasteiger partial charge is 0.254 e. The van der Waals surface area contributed by atoms with Crippen molar-refractivity contribution < 1.29 is 4.79 Å². The van der Waals surface area contributed by atoms with Gasteiger partial charge in [-0.1, -0.05) is 6.07 Å². The van der Waals surface area contributed by atoms with Crippen LogP contribution < -0.4 is 0 Å². The molecule has 1 amide bonds. The van der Waals surface area contributed by atoms with Gasteiger partial charge in [0.15, 0.2) is 0 Å². The Kier molecular flexibility index (Phi) is 4.11. The predicted molar refractivity (Wildman–Crippen MR) is 72.7 cm³/mol. The van der Waals surface area contributed by atoms with Gasteiger partial charge in [-0.15, -0.1) is 11.8 Å². The number of amides is 1. The number of nitrogens with zero attached hydrogens (tertiary/aromatic N) is 1. The molecular weight excluding hydrogens is 230 g/mol. The maximum absolute atomic E-state index is 12.4. The van der Waals surface area contributed by atoms with Crippen LogP contribution in [0.1, 0.15) is 35.2 Å². The molecule has 0 aliphatic carbocycles. The third-order valence-electron chi connectivity index (χ3n) is 3.32. The van der Waals surface area contributed by atoms with Gasteiger partial charge in [-0.3, -0.25) is 4.79 Å². The third kappa shape index (κ3) is 2.83. The molecule has 0 bridgehead atoms. The van der Waals surface area contributed by atoms with E-state index in [9.17, 15) is 4.79 Å². The minimum absolute atomic E-state index is 0.207. The lowest BCUT2D eigenvalue weighted by Crippen LogP contribution is -2.35. The van der Waals surface area contributed by atoms with Crippen molar-refractivity contribution in [3.05, 3.63) is 29.3 Å². The van der Waals surface area contributed by atoms with Gasteiger partial charge in [0.25, 0.3) is 5.91 Å². The number of benzene rings is 1. The van der Waals surface area contributed by atoms with E-state index in [2.05, 4.69) is 6.07 Å². The Balaban J connectivity index is 2.22. The van der Waals surface area contributed by atoms with Crippen molar-refractivity contribution in [2.24, 2.45) is 0 Å². The zero-order valence-corrected chi connectivity index (χ0v) is 11.3. The summed E-state index contributed by atoms with van der Waals surface area (Å²) in [7, 11) is 0. The lowest BCUT2D eigenvalue weighted by atomic mass is 10.1. The fourth-order valence-corrected chi connectivity index (χ4v) is 2.67. The molecule has 0 spiro atoms. The zero-order chi connectivity index (χ0) is 12.3. The van der Waals surface area contributed by atoms with Crippen LogP contribution in [0.3, 0.4) is 0 Å². The van der Waals surface area contributed by atoms with Crippen molar-refractivity contribution in [1.29, 1.82) is 0 Å². The molecule has 17 heavy (non-hydrogen) atoms. The van der Waals surface area contributed by atoms with Crippen LogP contribution in [0.4, 0.5) is 0 Å². The molecule has 1 saturated heterocycles. The quantitative estimate of drug-likeness (QED) is 0.749. The van der Waals surface area contributed by atoms with E-state index in [0.717, 1.165) is 42.0 Å². The minimum atomic E-state index is 0.207. The zero-order valence-electron chi connectivity index (χ0n) is 10.5. The average molecular weight is 249 g/mol.